The summed E-state index contributed by atoms with van der Waals surface area (Å²) < 4.78 is 15.6. The highest BCUT2D eigenvalue weighted by molar-refractivity contribution is 6.39. The smallest absolute Gasteiger partial charge is 0.343 e. The van der Waals surface area contributed by atoms with Gasteiger partial charge in [0, 0.05) is 6.07 Å². The van der Waals surface area contributed by atoms with Crippen molar-refractivity contribution in [1.29, 1.82) is 0 Å². The van der Waals surface area contributed by atoms with Crippen LogP contribution >= 0.6 is 0 Å². The third kappa shape index (κ3) is 6.19. The van der Waals surface area contributed by atoms with Crippen molar-refractivity contribution >= 4 is 29.2 Å². The Balaban J connectivity index is 1.59. The van der Waals surface area contributed by atoms with Crippen molar-refractivity contribution in [2.45, 2.75) is 6.92 Å². The van der Waals surface area contributed by atoms with Gasteiger partial charge in [-0.2, -0.15) is 5.10 Å². The zero-order valence-electron chi connectivity index (χ0n) is 18.8. The summed E-state index contributed by atoms with van der Waals surface area (Å²) in [7, 11) is 2.93. The predicted octanol–water partition coefficient (Wildman–Crippen LogP) is 3.40. The Hall–Kier alpha value is -4.66. The van der Waals surface area contributed by atoms with Gasteiger partial charge in [-0.3, -0.25) is 9.59 Å². The lowest BCUT2D eigenvalue weighted by Crippen LogP contribution is -2.33. The van der Waals surface area contributed by atoms with E-state index < -0.39 is 17.8 Å². The number of hydrogen-bond acceptors (Lipinski definition) is 7. The van der Waals surface area contributed by atoms with E-state index in [-0.39, 0.29) is 5.69 Å². The number of hydrazone groups is 1. The molecule has 0 saturated heterocycles. The molecule has 0 fully saturated rings. The molecular weight excluding hydrogens is 438 g/mol. The molecule has 0 spiro atoms. The Labute approximate surface area is 196 Å². The molecule has 0 atom stereocenters. The van der Waals surface area contributed by atoms with E-state index in [0.29, 0.717) is 34.1 Å². The molecule has 0 aromatic heterocycles. The maximum Gasteiger partial charge on any atom is 0.343 e. The molecule has 2 N–H and O–H groups in total. The van der Waals surface area contributed by atoms with Gasteiger partial charge in [-0.25, -0.2) is 10.2 Å². The Bertz CT molecular complexity index is 1210. The molecule has 3 aromatic carbocycles. The zero-order valence-corrected chi connectivity index (χ0v) is 18.8. The molecule has 0 saturated carbocycles. The summed E-state index contributed by atoms with van der Waals surface area (Å²) in [5.41, 5.74) is 4.04. The molecule has 3 aromatic rings. The summed E-state index contributed by atoms with van der Waals surface area (Å²) in [6.07, 6.45) is 0. The van der Waals surface area contributed by atoms with E-state index >= 15 is 0 Å². The van der Waals surface area contributed by atoms with Crippen LogP contribution in [0.5, 0.6) is 17.2 Å². The quantitative estimate of drug-likeness (QED) is 0.183. The maximum atomic E-state index is 12.3. The number of esters is 1. The van der Waals surface area contributed by atoms with Crippen LogP contribution in [0.1, 0.15) is 22.8 Å². The molecule has 0 unspecified atom stereocenters. The second-order valence-electron chi connectivity index (χ2n) is 6.94. The number of carbonyl (C=O) groups is 3. The summed E-state index contributed by atoms with van der Waals surface area (Å²) in [6.45, 7) is 1.66. The molecule has 0 bridgehead atoms. The topological polar surface area (TPSA) is 115 Å². The first-order valence-electron chi connectivity index (χ1n) is 10.2. The molecule has 9 nitrogen and oxygen atoms in total. The molecule has 0 radical (unpaired) electrons. The summed E-state index contributed by atoms with van der Waals surface area (Å²) in [5.74, 6) is -1.13. The molecular formula is C25H23N3O6. The van der Waals surface area contributed by atoms with Crippen LogP contribution in [-0.2, 0) is 9.59 Å². The van der Waals surface area contributed by atoms with Gasteiger partial charge in [-0.05, 0) is 61.0 Å². The van der Waals surface area contributed by atoms with Gasteiger partial charge in [-0.1, -0.05) is 18.2 Å². The minimum Gasteiger partial charge on any atom is -0.497 e. The minimum absolute atomic E-state index is 0.281. The average molecular weight is 461 g/mol. The lowest BCUT2D eigenvalue weighted by Gasteiger charge is -2.11. The van der Waals surface area contributed by atoms with Crippen molar-refractivity contribution in [2.75, 3.05) is 19.5 Å². The molecule has 0 aliphatic carbocycles. The fraction of sp³-hybridized carbons (Fsp3) is 0.120. The third-order valence-electron chi connectivity index (χ3n) is 4.68. The zero-order chi connectivity index (χ0) is 24.5. The van der Waals surface area contributed by atoms with Crippen LogP contribution in [0.25, 0.3) is 0 Å². The van der Waals surface area contributed by atoms with Crippen LogP contribution in [0.2, 0.25) is 0 Å². The number of anilines is 1. The van der Waals surface area contributed by atoms with Crippen LogP contribution in [0.4, 0.5) is 5.69 Å². The summed E-state index contributed by atoms with van der Waals surface area (Å²) in [6, 6.07) is 20.0. The van der Waals surface area contributed by atoms with Crippen molar-refractivity contribution < 1.29 is 28.6 Å². The lowest BCUT2D eigenvalue weighted by atomic mass is 10.1. The number of nitrogens with one attached hydrogen (secondary N) is 2. The average Bonchev–Trinajstić information content (AvgIpc) is 2.87. The Morgan fingerprint density at radius 2 is 1.44 bits per heavy atom. The van der Waals surface area contributed by atoms with E-state index in [1.807, 2.05) is 6.07 Å². The first-order chi connectivity index (χ1) is 16.4. The summed E-state index contributed by atoms with van der Waals surface area (Å²) >= 11 is 0. The van der Waals surface area contributed by atoms with E-state index in [1.54, 1.807) is 67.6 Å². The molecule has 174 valence electrons. The largest absolute Gasteiger partial charge is 0.497 e. The van der Waals surface area contributed by atoms with Gasteiger partial charge >= 0.3 is 17.8 Å². The highest BCUT2D eigenvalue weighted by atomic mass is 16.5. The lowest BCUT2D eigenvalue weighted by molar-refractivity contribution is -0.136. The van der Waals surface area contributed by atoms with Crippen molar-refractivity contribution in [3.05, 3.63) is 83.9 Å². The van der Waals surface area contributed by atoms with Crippen LogP contribution in [0.15, 0.2) is 77.9 Å². The van der Waals surface area contributed by atoms with Gasteiger partial charge < -0.3 is 19.5 Å². The molecule has 0 aliphatic rings. The predicted molar refractivity (Wildman–Crippen MR) is 126 cm³/mol. The standard InChI is InChI=1S/C25H23N3O6/c1-16(17-9-11-19(12-10-17)34-25(31)18-7-5-4-6-8-18)27-28-24(30)23(29)26-21-15-20(32-2)13-14-22(21)33-3/h4-15H,1-3H3,(H,26,29)(H,28,30). The number of amides is 2. The normalized spacial score (nSPS) is 10.7. The molecule has 3 rings (SSSR count). The van der Waals surface area contributed by atoms with Crippen molar-refractivity contribution in [3.63, 3.8) is 0 Å². The Kier molecular flexibility index (Phi) is 7.96. The number of nitrogens with zero attached hydrogens (tertiary/aromatic N) is 1. The van der Waals surface area contributed by atoms with E-state index in [9.17, 15) is 14.4 Å². The van der Waals surface area contributed by atoms with Gasteiger partial charge in [-0.15, -0.1) is 0 Å². The number of rotatable bonds is 7. The Morgan fingerprint density at radius 3 is 2.09 bits per heavy atom. The van der Waals surface area contributed by atoms with Crippen LogP contribution in [-0.4, -0.2) is 37.7 Å². The molecule has 9 heteroatoms. The second kappa shape index (κ2) is 11.3. The van der Waals surface area contributed by atoms with Gasteiger partial charge in [0.1, 0.15) is 17.2 Å². The number of hydrogen-bond donors (Lipinski definition) is 2. The van der Waals surface area contributed by atoms with E-state index in [4.69, 9.17) is 14.2 Å². The fourth-order valence-electron chi connectivity index (χ4n) is 2.85. The molecule has 34 heavy (non-hydrogen) atoms. The highest BCUT2D eigenvalue weighted by Crippen LogP contribution is 2.28. The van der Waals surface area contributed by atoms with Crippen molar-refractivity contribution in [1.82, 2.24) is 5.43 Å². The summed E-state index contributed by atoms with van der Waals surface area (Å²) in [5, 5.41) is 6.43. The Morgan fingerprint density at radius 1 is 0.765 bits per heavy atom. The fourth-order valence-corrected chi connectivity index (χ4v) is 2.85. The monoisotopic (exact) mass is 461 g/mol. The maximum absolute atomic E-state index is 12.3. The number of methoxy groups -OCH3 is 2. The third-order valence-corrected chi connectivity index (χ3v) is 4.68. The number of benzene rings is 3. The number of carbonyl (C=O) groups excluding carboxylic acids is 3. The SMILES string of the molecule is COc1ccc(OC)c(NC(=O)C(=O)NN=C(C)c2ccc(OC(=O)c3ccccc3)cc2)c1. The van der Waals surface area contributed by atoms with Crippen molar-refractivity contribution in [2.24, 2.45) is 5.10 Å². The molecule has 0 heterocycles. The van der Waals surface area contributed by atoms with Gasteiger partial charge in [0.25, 0.3) is 0 Å². The molecule has 0 aliphatic heterocycles. The van der Waals surface area contributed by atoms with E-state index in [2.05, 4.69) is 15.8 Å². The van der Waals surface area contributed by atoms with Crippen molar-refractivity contribution in [3.8, 4) is 17.2 Å². The molecule has 2 amide bonds. The van der Waals surface area contributed by atoms with Crippen LogP contribution in [0.3, 0.4) is 0 Å². The second-order valence-corrected chi connectivity index (χ2v) is 6.94. The summed E-state index contributed by atoms with van der Waals surface area (Å²) in [4.78, 5) is 36.6. The van der Waals surface area contributed by atoms with Crippen LogP contribution < -0.4 is 25.0 Å². The van der Waals surface area contributed by atoms with Gasteiger partial charge in [0.05, 0.1) is 31.2 Å². The van der Waals surface area contributed by atoms with Gasteiger partial charge in [0.15, 0.2) is 0 Å². The first-order valence-corrected chi connectivity index (χ1v) is 10.2. The van der Waals surface area contributed by atoms with Gasteiger partial charge in [0.2, 0.25) is 0 Å². The van der Waals surface area contributed by atoms with E-state index in [1.165, 1.54) is 20.3 Å². The first kappa shape index (κ1) is 24.0. The number of ether oxygens (including phenoxy) is 3. The minimum atomic E-state index is -0.961. The highest BCUT2D eigenvalue weighted by Gasteiger charge is 2.16. The van der Waals surface area contributed by atoms with Crippen LogP contribution in [0, 0.1) is 0 Å². The van der Waals surface area contributed by atoms with E-state index in [0.717, 1.165) is 0 Å².